The molecule has 108 valence electrons. The molecule has 1 heterocycles. The van der Waals surface area contributed by atoms with Gasteiger partial charge in [0.05, 0.1) is 11.8 Å². The summed E-state index contributed by atoms with van der Waals surface area (Å²) in [6.45, 7) is 0. The third-order valence-electron chi connectivity index (χ3n) is 3.57. The van der Waals surface area contributed by atoms with Crippen LogP contribution >= 0.6 is 0 Å². The normalized spacial score (nSPS) is 19.8. The van der Waals surface area contributed by atoms with E-state index in [1.54, 1.807) is 30.3 Å². The standard InChI is InChI=1S/C16H15NO3S/c18-16(14-9-5-2-6-10-14)17-15(12-21(17,19)20)11-13-7-3-1-4-8-13/h1-10,15H,11-12H2. The smallest absolute Gasteiger partial charge is 0.267 e. The fraction of sp³-hybridized carbons (Fsp3) is 0.188. The van der Waals surface area contributed by atoms with E-state index in [9.17, 15) is 13.2 Å². The molecule has 1 unspecified atom stereocenters. The van der Waals surface area contributed by atoms with E-state index < -0.39 is 15.9 Å². The summed E-state index contributed by atoms with van der Waals surface area (Å²) in [5.41, 5.74) is 1.43. The van der Waals surface area contributed by atoms with Gasteiger partial charge in [0.2, 0.25) is 10.0 Å². The van der Waals surface area contributed by atoms with Crippen LogP contribution in [0.2, 0.25) is 0 Å². The fourth-order valence-electron chi connectivity index (χ4n) is 2.56. The van der Waals surface area contributed by atoms with Crippen LogP contribution in [0.4, 0.5) is 0 Å². The first-order chi connectivity index (χ1) is 10.1. The molecule has 4 nitrogen and oxygen atoms in total. The molecule has 1 amide bonds. The Morgan fingerprint density at radius 2 is 1.57 bits per heavy atom. The van der Waals surface area contributed by atoms with Gasteiger partial charge < -0.3 is 0 Å². The summed E-state index contributed by atoms with van der Waals surface area (Å²) >= 11 is 0. The zero-order valence-electron chi connectivity index (χ0n) is 11.3. The quantitative estimate of drug-likeness (QED) is 0.872. The summed E-state index contributed by atoms with van der Waals surface area (Å²) in [5.74, 6) is -0.414. The molecule has 1 aliphatic heterocycles. The molecular weight excluding hydrogens is 286 g/mol. The molecule has 0 N–H and O–H groups in total. The van der Waals surface area contributed by atoms with Crippen molar-refractivity contribution in [2.45, 2.75) is 12.5 Å². The maximum atomic E-state index is 12.4. The Hall–Kier alpha value is -2.14. The number of nitrogens with zero attached hydrogens (tertiary/aromatic N) is 1. The number of rotatable bonds is 3. The second-order valence-electron chi connectivity index (χ2n) is 5.09. The lowest BCUT2D eigenvalue weighted by Crippen LogP contribution is -2.59. The van der Waals surface area contributed by atoms with E-state index in [0.29, 0.717) is 12.0 Å². The predicted molar refractivity (Wildman–Crippen MR) is 80.3 cm³/mol. The number of sulfonamides is 1. The summed E-state index contributed by atoms with van der Waals surface area (Å²) in [7, 11) is -3.46. The Labute approximate surface area is 124 Å². The predicted octanol–water partition coefficient (Wildman–Crippen LogP) is 2.08. The van der Waals surface area contributed by atoms with E-state index in [-0.39, 0.29) is 11.8 Å². The molecule has 1 saturated heterocycles. The molecule has 1 fully saturated rings. The highest BCUT2D eigenvalue weighted by Crippen LogP contribution is 2.27. The van der Waals surface area contributed by atoms with Gasteiger partial charge in [-0.3, -0.25) is 4.79 Å². The zero-order chi connectivity index (χ0) is 14.9. The minimum absolute atomic E-state index is 0.0282. The van der Waals surface area contributed by atoms with Crippen molar-refractivity contribution in [1.82, 2.24) is 4.31 Å². The number of amides is 1. The van der Waals surface area contributed by atoms with Crippen molar-refractivity contribution in [2.24, 2.45) is 0 Å². The summed E-state index contributed by atoms with van der Waals surface area (Å²) in [6.07, 6.45) is 0.554. The lowest BCUT2D eigenvalue weighted by Gasteiger charge is -2.39. The molecule has 3 rings (SSSR count). The minimum Gasteiger partial charge on any atom is -0.268 e. The van der Waals surface area contributed by atoms with Gasteiger partial charge >= 0.3 is 0 Å². The van der Waals surface area contributed by atoms with Crippen LogP contribution in [0.15, 0.2) is 60.7 Å². The number of hydrogen-bond donors (Lipinski definition) is 0. The Kier molecular flexibility index (Phi) is 3.51. The first kappa shape index (κ1) is 13.8. The minimum atomic E-state index is -3.46. The van der Waals surface area contributed by atoms with E-state index in [1.807, 2.05) is 30.3 Å². The van der Waals surface area contributed by atoms with Crippen LogP contribution in [-0.4, -0.2) is 30.4 Å². The van der Waals surface area contributed by atoms with E-state index >= 15 is 0 Å². The van der Waals surface area contributed by atoms with Crippen LogP contribution in [0.1, 0.15) is 15.9 Å². The molecule has 5 heteroatoms. The topological polar surface area (TPSA) is 54.5 Å². The number of carbonyl (C=O) groups is 1. The van der Waals surface area contributed by atoms with Gasteiger partial charge in [0.15, 0.2) is 0 Å². The molecule has 2 aromatic rings. The van der Waals surface area contributed by atoms with E-state index in [2.05, 4.69) is 0 Å². The van der Waals surface area contributed by atoms with Gasteiger partial charge in [-0.15, -0.1) is 0 Å². The van der Waals surface area contributed by atoms with Gasteiger partial charge in [0.25, 0.3) is 5.91 Å². The second kappa shape index (κ2) is 5.33. The molecule has 1 atom stereocenters. The van der Waals surface area contributed by atoms with Crippen molar-refractivity contribution in [3.05, 3.63) is 71.8 Å². The Morgan fingerprint density at radius 3 is 2.14 bits per heavy atom. The van der Waals surface area contributed by atoms with Gasteiger partial charge in [-0.2, -0.15) is 0 Å². The second-order valence-corrected chi connectivity index (χ2v) is 6.98. The van der Waals surface area contributed by atoms with Crippen LogP contribution in [0.25, 0.3) is 0 Å². The first-order valence-corrected chi connectivity index (χ1v) is 8.34. The fourth-order valence-corrected chi connectivity index (χ4v) is 4.18. The summed E-state index contributed by atoms with van der Waals surface area (Å²) in [6, 6.07) is 17.8. The first-order valence-electron chi connectivity index (χ1n) is 6.73. The van der Waals surface area contributed by atoms with Crippen LogP contribution < -0.4 is 0 Å². The highest BCUT2D eigenvalue weighted by molar-refractivity contribution is 7.91. The lowest BCUT2D eigenvalue weighted by atomic mass is 10.1. The largest absolute Gasteiger partial charge is 0.268 e. The average Bonchev–Trinajstić information content (AvgIpc) is 2.48. The number of benzene rings is 2. The Morgan fingerprint density at radius 1 is 1.00 bits per heavy atom. The van der Waals surface area contributed by atoms with Gasteiger partial charge in [-0.25, -0.2) is 12.7 Å². The molecule has 1 aliphatic rings. The van der Waals surface area contributed by atoms with Gasteiger partial charge in [0, 0.05) is 5.56 Å². The molecule has 0 aromatic heterocycles. The van der Waals surface area contributed by atoms with Crippen LogP contribution in [0.3, 0.4) is 0 Å². The zero-order valence-corrected chi connectivity index (χ0v) is 12.2. The van der Waals surface area contributed by atoms with Crippen molar-refractivity contribution in [1.29, 1.82) is 0 Å². The van der Waals surface area contributed by atoms with E-state index in [4.69, 9.17) is 0 Å². The van der Waals surface area contributed by atoms with Crippen LogP contribution in [0.5, 0.6) is 0 Å². The number of hydrogen-bond acceptors (Lipinski definition) is 3. The lowest BCUT2D eigenvalue weighted by molar-refractivity contribution is 0.0801. The summed E-state index contributed by atoms with van der Waals surface area (Å²) in [4.78, 5) is 12.4. The highest BCUT2D eigenvalue weighted by atomic mass is 32.2. The molecule has 21 heavy (non-hydrogen) atoms. The van der Waals surface area contributed by atoms with Gasteiger partial charge in [-0.1, -0.05) is 48.5 Å². The van der Waals surface area contributed by atoms with Crippen molar-refractivity contribution >= 4 is 15.9 Å². The summed E-state index contributed by atoms with van der Waals surface area (Å²) < 4.78 is 24.9. The maximum Gasteiger partial charge on any atom is 0.267 e. The Balaban J connectivity index is 1.83. The SMILES string of the molecule is O=C(c1ccccc1)N1C(Cc2ccccc2)CS1(=O)=O. The third-order valence-corrected chi connectivity index (χ3v) is 5.44. The molecule has 0 saturated carbocycles. The van der Waals surface area contributed by atoms with Crippen molar-refractivity contribution in [3.8, 4) is 0 Å². The highest BCUT2D eigenvalue weighted by Gasteiger charge is 2.46. The van der Waals surface area contributed by atoms with Gasteiger partial charge in [0.1, 0.15) is 0 Å². The summed E-state index contributed by atoms with van der Waals surface area (Å²) in [5, 5.41) is 0. The average molecular weight is 301 g/mol. The van der Waals surface area contributed by atoms with Crippen molar-refractivity contribution in [2.75, 3.05) is 5.75 Å². The van der Waals surface area contributed by atoms with Crippen molar-refractivity contribution in [3.63, 3.8) is 0 Å². The van der Waals surface area contributed by atoms with E-state index in [0.717, 1.165) is 9.87 Å². The van der Waals surface area contributed by atoms with Crippen molar-refractivity contribution < 1.29 is 13.2 Å². The van der Waals surface area contributed by atoms with Crippen LogP contribution in [-0.2, 0) is 16.4 Å². The monoisotopic (exact) mass is 301 g/mol. The molecule has 0 aliphatic carbocycles. The number of carbonyl (C=O) groups excluding carboxylic acids is 1. The molecular formula is C16H15NO3S. The van der Waals surface area contributed by atoms with Crippen LogP contribution in [0, 0.1) is 0 Å². The molecule has 0 radical (unpaired) electrons. The van der Waals surface area contributed by atoms with E-state index in [1.165, 1.54) is 0 Å². The third kappa shape index (κ3) is 2.69. The molecule has 2 aromatic carbocycles. The molecule has 0 bridgehead atoms. The Bertz CT molecular complexity index is 742. The maximum absolute atomic E-state index is 12.4. The van der Waals surface area contributed by atoms with Gasteiger partial charge in [-0.05, 0) is 24.1 Å². The molecule has 0 spiro atoms.